The first-order valence-electron chi connectivity index (χ1n) is 10.6. The number of hydrogen-bond acceptors (Lipinski definition) is 8. The van der Waals surface area contributed by atoms with Gasteiger partial charge in [-0.15, -0.1) is 0 Å². The van der Waals surface area contributed by atoms with E-state index < -0.39 is 10.6 Å². The number of aromatic nitrogens is 4. The largest absolute Gasteiger partial charge is 0.378 e. The smallest absolute Gasteiger partial charge is 0.246 e. The minimum atomic E-state index is -2.76. The average molecular weight is 473 g/mol. The molecule has 3 heterocycles. The first kappa shape index (κ1) is 23.2. The van der Waals surface area contributed by atoms with E-state index in [-0.39, 0.29) is 18.2 Å². The number of amides is 1. The first-order valence-corrected chi connectivity index (χ1v) is 12.7. The van der Waals surface area contributed by atoms with E-state index in [2.05, 4.69) is 20.3 Å². The molecule has 0 saturated carbocycles. The number of rotatable bonds is 7. The minimum absolute atomic E-state index is 0.0565. The second kappa shape index (κ2) is 9.87. The second-order valence-corrected chi connectivity index (χ2v) is 10.3. The molecule has 1 aliphatic rings. The van der Waals surface area contributed by atoms with Crippen molar-refractivity contribution in [3.05, 3.63) is 54.0 Å². The molecule has 0 bridgehead atoms. The summed E-state index contributed by atoms with van der Waals surface area (Å²) in [6, 6.07) is 10.9. The third-order valence-corrected chi connectivity index (χ3v) is 5.87. The SMILES string of the molecule is Cc1ccn(CC(=O)Nc2ccc(-c3nc(CS(C)(O)O)cc(N4CCOCC4)n3)cc2)n1. The van der Waals surface area contributed by atoms with Crippen molar-refractivity contribution in [3.8, 4) is 11.4 Å². The molecule has 2 aromatic heterocycles. The summed E-state index contributed by atoms with van der Waals surface area (Å²) in [5.41, 5.74) is 2.84. The third-order valence-electron chi connectivity index (χ3n) is 5.03. The molecule has 176 valence electrons. The Morgan fingerprint density at radius 1 is 1.15 bits per heavy atom. The van der Waals surface area contributed by atoms with E-state index in [1.54, 1.807) is 29.1 Å². The molecule has 1 fully saturated rings. The van der Waals surface area contributed by atoms with Crippen molar-refractivity contribution >= 4 is 28.0 Å². The molecule has 3 aromatic rings. The molecular formula is C22H28N6O4S. The molecule has 0 aliphatic carbocycles. The van der Waals surface area contributed by atoms with Crippen molar-refractivity contribution in [2.24, 2.45) is 0 Å². The van der Waals surface area contributed by atoms with Crippen LogP contribution < -0.4 is 10.2 Å². The van der Waals surface area contributed by atoms with Crippen LogP contribution in [0.4, 0.5) is 11.5 Å². The van der Waals surface area contributed by atoms with Crippen LogP contribution in [0.2, 0.25) is 0 Å². The van der Waals surface area contributed by atoms with E-state index >= 15 is 0 Å². The van der Waals surface area contributed by atoms with Crippen LogP contribution in [0.15, 0.2) is 42.6 Å². The Hall–Kier alpha value is -2.99. The van der Waals surface area contributed by atoms with Gasteiger partial charge in [0.2, 0.25) is 5.91 Å². The second-order valence-electron chi connectivity index (χ2n) is 8.06. The highest BCUT2D eigenvalue weighted by molar-refractivity contribution is 8.23. The first-order chi connectivity index (χ1) is 15.7. The molecule has 1 amide bonds. The Labute approximate surface area is 194 Å². The molecule has 10 nitrogen and oxygen atoms in total. The lowest BCUT2D eigenvalue weighted by Gasteiger charge is -2.30. The number of anilines is 2. The molecule has 3 N–H and O–H groups in total. The summed E-state index contributed by atoms with van der Waals surface area (Å²) in [5.74, 6) is 1.10. The van der Waals surface area contributed by atoms with Gasteiger partial charge in [0.1, 0.15) is 12.4 Å². The fourth-order valence-corrected chi connectivity index (χ4v) is 4.23. The highest BCUT2D eigenvalue weighted by Crippen LogP contribution is 2.38. The third kappa shape index (κ3) is 6.51. The molecule has 1 aromatic carbocycles. The van der Waals surface area contributed by atoms with Crippen LogP contribution in [0.25, 0.3) is 11.4 Å². The van der Waals surface area contributed by atoms with E-state index in [1.165, 1.54) is 6.26 Å². The lowest BCUT2D eigenvalue weighted by molar-refractivity contribution is -0.116. The molecule has 4 rings (SSSR count). The number of carbonyl (C=O) groups is 1. The van der Waals surface area contributed by atoms with Crippen molar-refractivity contribution in [1.82, 2.24) is 19.7 Å². The van der Waals surface area contributed by atoms with Gasteiger partial charge in [-0.25, -0.2) is 9.97 Å². The van der Waals surface area contributed by atoms with Crippen molar-refractivity contribution < 1.29 is 18.6 Å². The van der Waals surface area contributed by atoms with Crippen LogP contribution in [0.5, 0.6) is 0 Å². The summed E-state index contributed by atoms with van der Waals surface area (Å²) >= 11 is 0. The topological polar surface area (TPSA) is 126 Å². The maximum atomic E-state index is 12.3. The number of aryl methyl sites for hydroxylation is 1. The van der Waals surface area contributed by atoms with Gasteiger partial charge >= 0.3 is 0 Å². The highest BCUT2D eigenvalue weighted by Gasteiger charge is 2.18. The fraction of sp³-hybridized carbons (Fsp3) is 0.364. The highest BCUT2D eigenvalue weighted by atomic mass is 32.3. The van der Waals surface area contributed by atoms with E-state index in [9.17, 15) is 13.9 Å². The Morgan fingerprint density at radius 3 is 2.52 bits per heavy atom. The molecule has 11 heteroatoms. The number of nitrogens with one attached hydrogen (secondary N) is 1. The minimum Gasteiger partial charge on any atom is -0.378 e. The van der Waals surface area contributed by atoms with Crippen molar-refractivity contribution in [2.75, 3.05) is 42.8 Å². The maximum Gasteiger partial charge on any atom is 0.246 e. The van der Waals surface area contributed by atoms with E-state index in [4.69, 9.17) is 9.72 Å². The van der Waals surface area contributed by atoms with Crippen LogP contribution >= 0.6 is 10.6 Å². The summed E-state index contributed by atoms with van der Waals surface area (Å²) in [4.78, 5) is 23.7. The normalized spacial score (nSPS) is 14.8. The molecule has 0 atom stereocenters. The predicted octanol–water partition coefficient (Wildman–Crippen LogP) is 3.00. The van der Waals surface area contributed by atoms with Gasteiger partial charge in [-0.3, -0.25) is 18.6 Å². The van der Waals surface area contributed by atoms with Crippen LogP contribution in [0.3, 0.4) is 0 Å². The Morgan fingerprint density at radius 2 is 1.88 bits per heavy atom. The van der Waals surface area contributed by atoms with Gasteiger partial charge in [0.15, 0.2) is 5.82 Å². The molecular weight excluding hydrogens is 444 g/mol. The maximum absolute atomic E-state index is 12.3. The Kier molecular flexibility index (Phi) is 6.94. The number of hydrogen-bond donors (Lipinski definition) is 3. The van der Waals surface area contributed by atoms with Gasteiger partial charge in [0.05, 0.1) is 30.4 Å². The van der Waals surface area contributed by atoms with Crippen molar-refractivity contribution in [3.63, 3.8) is 0 Å². The van der Waals surface area contributed by atoms with Crippen LogP contribution in [0.1, 0.15) is 11.4 Å². The lowest BCUT2D eigenvalue weighted by Crippen LogP contribution is -2.37. The van der Waals surface area contributed by atoms with Gasteiger partial charge in [-0.05, 0) is 37.3 Å². The predicted molar refractivity (Wildman–Crippen MR) is 129 cm³/mol. The van der Waals surface area contributed by atoms with E-state index in [0.29, 0.717) is 43.5 Å². The Balaban J connectivity index is 1.53. The lowest BCUT2D eigenvalue weighted by atomic mass is 10.2. The van der Waals surface area contributed by atoms with Crippen LogP contribution in [-0.4, -0.2) is 67.3 Å². The van der Waals surface area contributed by atoms with Gasteiger partial charge in [0, 0.05) is 42.9 Å². The van der Waals surface area contributed by atoms with E-state index in [0.717, 1.165) is 17.1 Å². The molecule has 33 heavy (non-hydrogen) atoms. The number of ether oxygens (including phenoxy) is 1. The summed E-state index contributed by atoms with van der Waals surface area (Å²) in [6.45, 7) is 4.65. The van der Waals surface area contributed by atoms with Crippen molar-refractivity contribution in [1.29, 1.82) is 0 Å². The van der Waals surface area contributed by atoms with E-state index in [1.807, 2.05) is 25.1 Å². The van der Waals surface area contributed by atoms with Crippen LogP contribution in [-0.2, 0) is 21.8 Å². The monoisotopic (exact) mass is 472 g/mol. The van der Waals surface area contributed by atoms with Gasteiger partial charge < -0.3 is 15.0 Å². The summed E-state index contributed by atoms with van der Waals surface area (Å²) in [5, 5.41) is 7.08. The molecule has 0 unspecified atom stereocenters. The fourth-order valence-electron chi connectivity index (χ4n) is 3.52. The molecule has 0 spiro atoms. The van der Waals surface area contributed by atoms with Gasteiger partial charge in [0.25, 0.3) is 0 Å². The molecule has 1 aliphatic heterocycles. The zero-order chi connectivity index (χ0) is 23.4. The number of benzene rings is 1. The average Bonchev–Trinajstić information content (AvgIpc) is 3.17. The summed E-state index contributed by atoms with van der Waals surface area (Å²) in [7, 11) is -2.76. The Bertz CT molecular complexity index is 1110. The number of morpholine rings is 1. The summed E-state index contributed by atoms with van der Waals surface area (Å²) < 4.78 is 26.9. The standard InChI is InChI=1S/C22H28N6O4S/c1-16-7-8-28(26-16)14-21(29)23-18-5-3-17(4-6-18)22-24-19(15-33(2,30)31)13-20(25-22)27-9-11-32-12-10-27/h3-8,13,30-31H,9-12,14-15H2,1-2H3,(H,23,29). The quantitative estimate of drug-likeness (QED) is 0.479. The number of carbonyl (C=O) groups excluding carboxylic acids is 1. The van der Waals surface area contributed by atoms with Gasteiger partial charge in [-0.1, -0.05) is 0 Å². The molecule has 0 radical (unpaired) electrons. The van der Waals surface area contributed by atoms with Crippen LogP contribution in [0, 0.1) is 6.92 Å². The zero-order valence-corrected chi connectivity index (χ0v) is 19.5. The summed E-state index contributed by atoms with van der Waals surface area (Å²) in [6.07, 6.45) is 3.17. The zero-order valence-electron chi connectivity index (χ0n) is 18.6. The van der Waals surface area contributed by atoms with Crippen molar-refractivity contribution in [2.45, 2.75) is 19.2 Å². The molecule has 1 saturated heterocycles. The van der Waals surface area contributed by atoms with Gasteiger partial charge in [-0.2, -0.15) is 15.7 Å². The number of nitrogens with zero attached hydrogens (tertiary/aromatic N) is 5.